The number of amides is 1. The van der Waals surface area contributed by atoms with Crippen molar-refractivity contribution in [2.75, 3.05) is 5.32 Å². The van der Waals surface area contributed by atoms with Gasteiger partial charge in [0.1, 0.15) is 17.0 Å². The molecule has 0 saturated carbocycles. The maximum absolute atomic E-state index is 12.0. The maximum atomic E-state index is 12.0. The highest BCUT2D eigenvalue weighted by Gasteiger charge is 2.15. The first-order chi connectivity index (χ1) is 10.0. The molecule has 4 N–H and O–H groups in total. The molecule has 0 fully saturated rings. The van der Waals surface area contributed by atoms with Gasteiger partial charge in [0.25, 0.3) is 5.91 Å². The van der Waals surface area contributed by atoms with E-state index in [1.165, 1.54) is 18.5 Å². The third-order valence-corrected chi connectivity index (χ3v) is 2.97. The lowest BCUT2D eigenvalue weighted by Gasteiger charge is -2.06. The fourth-order valence-corrected chi connectivity index (χ4v) is 1.95. The van der Waals surface area contributed by atoms with Gasteiger partial charge in [0.05, 0.1) is 11.9 Å². The van der Waals surface area contributed by atoms with Gasteiger partial charge in [-0.2, -0.15) is 9.97 Å². The van der Waals surface area contributed by atoms with Crippen LogP contribution >= 0.6 is 11.6 Å². The van der Waals surface area contributed by atoms with Crippen LogP contribution in [-0.4, -0.2) is 36.1 Å². The molecule has 0 spiro atoms. The van der Waals surface area contributed by atoms with Crippen molar-refractivity contribution in [3.05, 3.63) is 35.2 Å². The molecule has 3 aromatic rings. The molecule has 8 nitrogen and oxygen atoms in total. The quantitative estimate of drug-likeness (QED) is 0.534. The number of hydrogen-bond donors (Lipinski definition) is 4. The van der Waals surface area contributed by atoms with Gasteiger partial charge >= 0.3 is 0 Å². The van der Waals surface area contributed by atoms with Gasteiger partial charge in [0.2, 0.25) is 5.95 Å². The van der Waals surface area contributed by atoms with Crippen molar-refractivity contribution >= 4 is 34.6 Å². The topological polar surface area (TPSA) is 124 Å². The lowest BCUT2D eigenvalue weighted by molar-refractivity contribution is 0.102. The average molecular weight is 306 g/mol. The Hall–Kier alpha value is -2.87. The van der Waals surface area contributed by atoms with Crippen molar-refractivity contribution < 1.29 is 15.0 Å². The Bertz CT molecular complexity index is 848. The number of aromatic hydroxyl groups is 2. The van der Waals surface area contributed by atoms with Crippen molar-refractivity contribution in [2.24, 2.45) is 0 Å². The van der Waals surface area contributed by atoms with Crippen LogP contribution in [0, 0.1) is 0 Å². The molecule has 0 aliphatic carbocycles. The molecule has 21 heavy (non-hydrogen) atoms. The van der Waals surface area contributed by atoms with E-state index in [0.717, 1.165) is 6.07 Å². The first-order valence-electron chi connectivity index (χ1n) is 5.74. The zero-order valence-corrected chi connectivity index (χ0v) is 11.1. The van der Waals surface area contributed by atoms with Crippen LogP contribution in [0.15, 0.2) is 24.5 Å². The van der Waals surface area contributed by atoms with Gasteiger partial charge in [0, 0.05) is 6.07 Å². The molecule has 1 aromatic carbocycles. The van der Waals surface area contributed by atoms with Gasteiger partial charge in [-0.25, -0.2) is 4.98 Å². The molecule has 2 aromatic heterocycles. The maximum Gasteiger partial charge on any atom is 0.261 e. The number of carbonyl (C=O) groups excluding carboxylic acids is 1. The summed E-state index contributed by atoms with van der Waals surface area (Å²) in [4.78, 5) is 26.6. The lowest BCUT2D eigenvalue weighted by Crippen LogP contribution is -2.14. The number of benzene rings is 1. The van der Waals surface area contributed by atoms with Gasteiger partial charge in [0.15, 0.2) is 10.8 Å². The fraction of sp³-hybridized carbons (Fsp3) is 0. The molecule has 0 bridgehead atoms. The Balaban J connectivity index is 1.92. The number of imidazole rings is 1. The van der Waals surface area contributed by atoms with Crippen LogP contribution in [0.4, 0.5) is 5.95 Å². The number of fused-ring (bicyclic) bond motifs is 1. The Morgan fingerprint density at radius 2 is 2.10 bits per heavy atom. The number of H-pyrrole nitrogens is 1. The largest absolute Gasteiger partial charge is 0.508 e. The molecular formula is C12H8ClN5O3. The number of aromatic nitrogens is 4. The molecule has 0 unspecified atom stereocenters. The fourth-order valence-electron chi connectivity index (χ4n) is 1.73. The minimum absolute atomic E-state index is 0.0327. The number of anilines is 1. The van der Waals surface area contributed by atoms with Crippen LogP contribution < -0.4 is 5.32 Å². The van der Waals surface area contributed by atoms with E-state index in [1.54, 1.807) is 0 Å². The Kier molecular flexibility index (Phi) is 3.07. The molecule has 0 aliphatic rings. The van der Waals surface area contributed by atoms with Crippen LogP contribution in [-0.2, 0) is 0 Å². The van der Waals surface area contributed by atoms with Gasteiger partial charge in [-0.15, -0.1) is 0 Å². The van der Waals surface area contributed by atoms with Crippen LogP contribution in [0.1, 0.15) is 10.4 Å². The van der Waals surface area contributed by atoms with Crippen molar-refractivity contribution in [3.8, 4) is 11.5 Å². The van der Waals surface area contributed by atoms with Gasteiger partial charge in [-0.3, -0.25) is 10.1 Å². The first-order valence-corrected chi connectivity index (χ1v) is 6.12. The zero-order chi connectivity index (χ0) is 15.0. The van der Waals surface area contributed by atoms with Crippen LogP contribution in [0.25, 0.3) is 11.2 Å². The smallest absolute Gasteiger partial charge is 0.261 e. The number of nitrogens with zero attached hydrogens (tertiary/aromatic N) is 3. The summed E-state index contributed by atoms with van der Waals surface area (Å²) in [5.41, 5.74) is 0.733. The Morgan fingerprint density at radius 1 is 1.29 bits per heavy atom. The summed E-state index contributed by atoms with van der Waals surface area (Å²) in [6.07, 6.45) is 1.41. The highest BCUT2D eigenvalue weighted by molar-refractivity contribution is 6.33. The molecule has 9 heteroatoms. The molecule has 0 saturated heterocycles. The second-order valence-corrected chi connectivity index (χ2v) is 4.45. The summed E-state index contributed by atoms with van der Waals surface area (Å²) < 4.78 is 0. The van der Waals surface area contributed by atoms with E-state index in [0.29, 0.717) is 11.2 Å². The monoisotopic (exact) mass is 305 g/mol. The molecule has 0 atom stereocenters. The summed E-state index contributed by atoms with van der Waals surface area (Å²) in [7, 11) is 0. The van der Waals surface area contributed by atoms with Gasteiger partial charge in [-0.1, -0.05) is 11.6 Å². The Morgan fingerprint density at radius 3 is 2.86 bits per heavy atom. The van der Waals surface area contributed by atoms with Crippen molar-refractivity contribution in [2.45, 2.75) is 0 Å². The predicted molar refractivity (Wildman–Crippen MR) is 74.4 cm³/mol. The van der Waals surface area contributed by atoms with E-state index in [4.69, 9.17) is 11.6 Å². The summed E-state index contributed by atoms with van der Waals surface area (Å²) in [5.74, 6) is -1.20. The van der Waals surface area contributed by atoms with Crippen LogP contribution in [0.3, 0.4) is 0 Å². The van der Waals surface area contributed by atoms with E-state index in [-0.39, 0.29) is 28.2 Å². The zero-order valence-electron chi connectivity index (χ0n) is 10.3. The minimum Gasteiger partial charge on any atom is -0.508 e. The third kappa shape index (κ3) is 2.43. The van der Waals surface area contributed by atoms with E-state index < -0.39 is 5.91 Å². The van der Waals surface area contributed by atoms with E-state index in [1.807, 2.05) is 0 Å². The standard InChI is InChI=1S/C12H8ClN5O3/c13-9-8-10(15-4-14-8)17-12(16-9)18-11(21)6-2-1-5(19)3-7(6)20/h1-4,19-20H,(H2,14,15,16,17,18,21). The number of rotatable bonds is 2. The molecule has 0 radical (unpaired) electrons. The highest BCUT2D eigenvalue weighted by atomic mass is 35.5. The number of nitrogens with one attached hydrogen (secondary N) is 2. The lowest BCUT2D eigenvalue weighted by atomic mass is 10.2. The highest BCUT2D eigenvalue weighted by Crippen LogP contribution is 2.24. The average Bonchev–Trinajstić information content (AvgIpc) is 2.87. The normalized spacial score (nSPS) is 10.7. The van der Waals surface area contributed by atoms with E-state index >= 15 is 0 Å². The van der Waals surface area contributed by atoms with Gasteiger partial charge in [-0.05, 0) is 12.1 Å². The van der Waals surface area contributed by atoms with Crippen molar-refractivity contribution in [1.82, 2.24) is 19.9 Å². The molecule has 0 aliphatic heterocycles. The molecule has 106 valence electrons. The number of carbonyl (C=O) groups is 1. The number of aromatic amines is 1. The second kappa shape index (κ2) is 4.91. The van der Waals surface area contributed by atoms with E-state index in [2.05, 4.69) is 25.3 Å². The SMILES string of the molecule is O=C(Nc1nc(Cl)c2[nH]cnc2n1)c1ccc(O)cc1O. The molecule has 2 heterocycles. The predicted octanol–water partition coefficient (Wildman–Crippen LogP) is 1.67. The Labute approximate surface area is 122 Å². The van der Waals surface area contributed by atoms with Gasteiger partial charge < -0.3 is 15.2 Å². The van der Waals surface area contributed by atoms with Crippen molar-refractivity contribution in [1.29, 1.82) is 0 Å². The molecule has 1 amide bonds. The number of phenols is 2. The first kappa shape index (κ1) is 13.1. The van der Waals surface area contributed by atoms with Crippen LogP contribution in [0.5, 0.6) is 11.5 Å². The summed E-state index contributed by atoms with van der Waals surface area (Å²) >= 11 is 5.93. The van der Waals surface area contributed by atoms with E-state index in [9.17, 15) is 15.0 Å². The number of phenolic OH excluding ortho intramolecular Hbond substituents is 2. The minimum atomic E-state index is -0.640. The molecular weight excluding hydrogens is 298 g/mol. The van der Waals surface area contributed by atoms with Crippen LogP contribution in [0.2, 0.25) is 5.15 Å². The second-order valence-electron chi connectivity index (χ2n) is 4.09. The van der Waals surface area contributed by atoms with Crippen molar-refractivity contribution in [3.63, 3.8) is 0 Å². The number of halogens is 1. The summed E-state index contributed by atoms with van der Waals surface area (Å²) in [6.45, 7) is 0. The molecule has 3 rings (SSSR count). The summed E-state index contributed by atoms with van der Waals surface area (Å²) in [6, 6.07) is 3.60. The third-order valence-electron chi connectivity index (χ3n) is 2.69. The number of hydrogen-bond acceptors (Lipinski definition) is 6. The summed E-state index contributed by atoms with van der Waals surface area (Å²) in [5, 5.41) is 21.3.